The maximum absolute atomic E-state index is 13.8. The number of carbonyl (C=O) groups excluding carboxylic acids is 2. The Bertz CT molecular complexity index is 1510. The molecule has 38 heavy (non-hydrogen) atoms. The van der Waals surface area contributed by atoms with E-state index in [-0.39, 0.29) is 50.2 Å². The number of ether oxygens (including phenoxy) is 1. The molecule has 1 N–H and O–H groups in total. The topological polar surface area (TPSA) is 96.0 Å². The summed E-state index contributed by atoms with van der Waals surface area (Å²) in [7, 11) is -4.08. The molecule has 5 rings (SSSR count). The van der Waals surface area contributed by atoms with Crippen molar-refractivity contribution in [3.8, 4) is 5.75 Å². The highest BCUT2D eigenvalue weighted by Gasteiger charge is 2.37. The van der Waals surface area contributed by atoms with Gasteiger partial charge >= 0.3 is 0 Å². The quantitative estimate of drug-likeness (QED) is 0.408. The van der Waals surface area contributed by atoms with E-state index in [4.69, 9.17) is 39.5 Å². The van der Waals surface area contributed by atoms with Gasteiger partial charge in [-0.3, -0.25) is 13.9 Å². The van der Waals surface area contributed by atoms with Crippen LogP contribution < -0.4 is 14.4 Å². The minimum atomic E-state index is -4.08. The van der Waals surface area contributed by atoms with Crippen LogP contribution in [0.15, 0.2) is 65.6 Å². The molecule has 3 aromatic carbocycles. The van der Waals surface area contributed by atoms with Crippen LogP contribution in [0.2, 0.25) is 15.1 Å². The second-order valence-electron chi connectivity index (χ2n) is 8.91. The molecule has 0 radical (unpaired) electrons. The summed E-state index contributed by atoms with van der Waals surface area (Å²) in [6.45, 7) is 0.810. The number of hydrogen-bond donors (Lipinski definition) is 1. The van der Waals surface area contributed by atoms with E-state index in [1.165, 1.54) is 22.5 Å². The van der Waals surface area contributed by atoms with Gasteiger partial charge in [0, 0.05) is 23.7 Å². The lowest BCUT2D eigenvalue weighted by Gasteiger charge is -2.37. The zero-order valence-electron chi connectivity index (χ0n) is 19.9. The number of anilines is 2. The first-order valence-corrected chi connectivity index (χ1v) is 14.3. The van der Waals surface area contributed by atoms with Crippen molar-refractivity contribution in [3.05, 3.63) is 81.3 Å². The summed E-state index contributed by atoms with van der Waals surface area (Å²) in [4.78, 5) is 26.8. The average Bonchev–Trinajstić information content (AvgIpc) is 3.27. The van der Waals surface area contributed by atoms with Gasteiger partial charge in [0.2, 0.25) is 5.91 Å². The summed E-state index contributed by atoms with van der Waals surface area (Å²) in [5.41, 5.74) is 0.647. The van der Waals surface area contributed by atoms with E-state index < -0.39 is 22.0 Å². The highest BCUT2D eigenvalue weighted by atomic mass is 35.5. The summed E-state index contributed by atoms with van der Waals surface area (Å²) >= 11 is 18.4. The number of likely N-dealkylation sites (tertiary alicyclic amines) is 1. The molecule has 8 nitrogen and oxygen atoms in total. The molecule has 0 saturated carbocycles. The monoisotopic (exact) mass is 593 g/mol. The van der Waals surface area contributed by atoms with Gasteiger partial charge in [-0.25, -0.2) is 8.42 Å². The van der Waals surface area contributed by atoms with Crippen LogP contribution in [-0.4, -0.2) is 50.9 Å². The number of sulfonamides is 1. The molecule has 2 amide bonds. The Morgan fingerprint density at radius 1 is 1.03 bits per heavy atom. The number of amides is 2. The highest BCUT2D eigenvalue weighted by Crippen LogP contribution is 2.40. The van der Waals surface area contributed by atoms with Crippen LogP contribution in [-0.2, 0) is 14.8 Å². The number of benzene rings is 3. The van der Waals surface area contributed by atoms with Crippen molar-refractivity contribution >= 4 is 68.0 Å². The van der Waals surface area contributed by atoms with Crippen molar-refractivity contribution in [2.45, 2.75) is 23.8 Å². The number of halogens is 3. The first kappa shape index (κ1) is 26.6. The fraction of sp³-hybridized carbons (Fsp3) is 0.231. The van der Waals surface area contributed by atoms with Gasteiger partial charge in [-0.1, -0.05) is 46.9 Å². The van der Waals surface area contributed by atoms with Gasteiger partial charge < -0.3 is 15.0 Å². The van der Waals surface area contributed by atoms with Crippen LogP contribution >= 0.6 is 34.8 Å². The Hall–Kier alpha value is -2.98. The average molecular weight is 595 g/mol. The van der Waals surface area contributed by atoms with E-state index in [1.807, 2.05) is 0 Å². The molecule has 0 bridgehead atoms. The Balaban J connectivity index is 1.51. The molecule has 0 spiro atoms. The number of nitrogens with one attached hydrogen (secondary N) is 1. The summed E-state index contributed by atoms with van der Waals surface area (Å²) in [5, 5.41) is 3.36. The molecular formula is C26H22Cl3N3O5S. The zero-order valence-corrected chi connectivity index (χ0v) is 22.9. The lowest BCUT2D eigenvalue weighted by atomic mass is 10.1. The Kier molecular flexibility index (Phi) is 7.46. The molecule has 198 valence electrons. The first-order valence-electron chi connectivity index (χ1n) is 11.8. The van der Waals surface area contributed by atoms with Gasteiger partial charge in [-0.15, -0.1) is 0 Å². The number of nitrogens with zero attached hydrogens (tertiary/aromatic N) is 2. The van der Waals surface area contributed by atoms with Crippen LogP contribution in [0, 0.1) is 0 Å². The van der Waals surface area contributed by atoms with E-state index in [0.717, 1.165) is 6.42 Å². The molecular weight excluding hydrogens is 573 g/mol. The van der Waals surface area contributed by atoms with Crippen molar-refractivity contribution in [1.29, 1.82) is 0 Å². The fourth-order valence-corrected chi connectivity index (χ4v) is 6.89. The molecule has 0 aromatic heterocycles. The predicted molar refractivity (Wildman–Crippen MR) is 147 cm³/mol. The van der Waals surface area contributed by atoms with E-state index in [0.29, 0.717) is 24.4 Å². The molecule has 1 fully saturated rings. The molecule has 2 aliphatic heterocycles. The van der Waals surface area contributed by atoms with Gasteiger partial charge in [0.1, 0.15) is 11.9 Å². The maximum atomic E-state index is 13.8. The predicted octanol–water partition coefficient (Wildman–Crippen LogP) is 5.48. The lowest BCUT2D eigenvalue weighted by molar-refractivity contribution is -0.128. The number of hydrogen-bond acceptors (Lipinski definition) is 5. The van der Waals surface area contributed by atoms with E-state index in [1.54, 1.807) is 47.4 Å². The number of fused-ring (bicyclic) bond motifs is 1. The summed E-state index contributed by atoms with van der Waals surface area (Å²) in [6, 6.07) is 15.4. The van der Waals surface area contributed by atoms with Gasteiger partial charge in [0.25, 0.3) is 15.9 Å². The third-order valence-corrected chi connectivity index (χ3v) is 8.96. The van der Waals surface area contributed by atoms with Gasteiger partial charge in [0.15, 0.2) is 0 Å². The van der Waals surface area contributed by atoms with E-state index >= 15 is 0 Å². The smallest absolute Gasteiger partial charge is 0.264 e. The Labute approximate surface area is 235 Å². The van der Waals surface area contributed by atoms with Crippen LogP contribution in [0.4, 0.5) is 11.4 Å². The Morgan fingerprint density at radius 3 is 2.45 bits per heavy atom. The van der Waals surface area contributed by atoms with Gasteiger partial charge in [0.05, 0.1) is 39.3 Å². The minimum Gasteiger partial charge on any atom is -0.484 e. The normalized spacial score (nSPS) is 17.2. The molecule has 0 unspecified atom stereocenters. The van der Waals surface area contributed by atoms with Crippen molar-refractivity contribution < 1.29 is 22.7 Å². The Morgan fingerprint density at radius 2 is 1.76 bits per heavy atom. The van der Waals surface area contributed by atoms with Crippen molar-refractivity contribution in [2.75, 3.05) is 29.3 Å². The van der Waals surface area contributed by atoms with Crippen LogP contribution in [0.3, 0.4) is 0 Å². The molecule has 1 saturated heterocycles. The van der Waals surface area contributed by atoms with Crippen LogP contribution in [0.1, 0.15) is 23.2 Å². The summed E-state index contributed by atoms with van der Waals surface area (Å²) in [5.74, 6) is -0.237. The highest BCUT2D eigenvalue weighted by molar-refractivity contribution is 7.92. The molecule has 2 heterocycles. The summed E-state index contributed by atoms with van der Waals surface area (Å²) < 4.78 is 35.0. The third kappa shape index (κ3) is 5.29. The second-order valence-corrected chi connectivity index (χ2v) is 12.0. The van der Waals surface area contributed by atoms with E-state index in [9.17, 15) is 18.0 Å². The van der Waals surface area contributed by atoms with Gasteiger partial charge in [-0.05, 0) is 55.0 Å². The standard InChI is InChI=1S/C26H22Cl3N3O5S/c27-16-4-1-5-19(12-16)38(35,36)32-15-18(14-31-11-3-8-24(31)33)37-23-10-9-17(13-22(23)32)30-26(34)25-20(28)6-2-7-21(25)29/h1-2,4-7,9-10,12-13,18H,3,8,11,14-15H2,(H,30,34)/t18-/m0/s1. The van der Waals surface area contributed by atoms with Crippen molar-refractivity contribution in [2.24, 2.45) is 0 Å². The minimum absolute atomic E-state index is 0.00568. The fourth-order valence-electron chi connectivity index (χ4n) is 4.52. The second kappa shape index (κ2) is 10.6. The van der Waals surface area contributed by atoms with Gasteiger partial charge in [-0.2, -0.15) is 0 Å². The number of carbonyl (C=O) groups is 2. The van der Waals surface area contributed by atoms with E-state index in [2.05, 4.69) is 5.32 Å². The molecule has 3 aromatic rings. The largest absolute Gasteiger partial charge is 0.484 e. The molecule has 2 aliphatic rings. The van der Waals surface area contributed by atoms with Crippen molar-refractivity contribution in [1.82, 2.24) is 4.90 Å². The van der Waals surface area contributed by atoms with Crippen molar-refractivity contribution in [3.63, 3.8) is 0 Å². The third-order valence-electron chi connectivity index (χ3n) is 6.32. The van der Waals surface area contributed by atoms with Crippen LogP contribution in [0.25, 0.3) is 0 Å². The van der Waals surface area contributed by atoms with Crippen LogP contribution in [0.5, 0.6) is 5.75 Å². The molecule has 12 heteroatoms. The number of rotatable bonds is 6. The maximum Gasteiger partial charge on any atom is 0.264 e. The molecule has 1 atom stereocenters. The lowest BCUT2D eigenvalue weighted by Crippen LogP contribution is -2.48. The first-order chi connectivity index (χ1) is 18.1. The zero-order chi connectivity index (χ0) is 27.0. The summed E-state index contributed by atoms with van der Waals surface area (Å²) in [6.07, 6.45) is 0.623. The molecule has 0 aliphatic carbocycles. The SMILES string of the molecule is O=C(Nc1ccc2c(c1)N(S(=O)(=O)c1cccc(Cl)c1)C[C@H](CN1CCCC1=O)O2)c1c(Cl)cccc1Cl.